The van der Waals surface area contributed by atoms with Gasteiger partial charge in [-0.2, -0.15) is 11.8 Å². The van der Waals surface area contributed by atoms with E-state index in [1.54, 1.807) is 0 Å². The van der Waals surface area contributed by atoms with Gasteiger partial charge in [-0.25, -0.2) is 0 Å². The van der Waals surface area contributed by atoms with E-state index in [1.807, 2.05) is 11.8 Å². The highest BCUT2D eigenvalue weighted by molar-refractivity contribution is 7.99. The maximum Gasteiger partial charge on any atom is 0.0272 e. The first kappa shape index (κ1) is 10.3. The fraction of sp³-hybridized carbons (Fsp3) is 1.00. The Morgan fingerprint density at radius 1 is 1.30 bits per heavy atom. The van der Waals surface area contributed by atoms with Crippen LogP contribution in [-0.4, -0.2) is 17.5 Å². The molecular weight excluding hydrogens is 144 g/mol. The summed E-state index contributed by atoms with van der Waals surface area (Å²) in [6.45, 7) is 6.55. The van der Waals surface area contributed by atoms with Crippen LogP contribution in [0.1, 0.15) is 20.8 Å². The zero-order valence-electron chi connectivity index (χ0n) is 7.05. The summed E-state index contributed by atoms with van der Waals surface area (Å²) in [5.74, 6) is 8.35. The molecule has 0 bridgehead atoms. The first-order chi connectivity index (χ1) is 4.66. The first-order valence-corrected chi connectivity index (χ1v) is 4.86. The van der Waals surface area contributed by atoms with E-state index in [0.29, 0.717) is 6.04 Å². The van der Waals surface area contributed by atoms with Crippen LogP contribution in [0.5, 0.6) is 0 Å². The quantitative estimate of drug-likeness (QED) is 0.471. The lowest BCUT2D eigenvalue weighted by atomic mass is 10.3. The third-order valence-corrected chi connectivity index (χ3v) is 2.74. The Morgan fingerprint density at radius 2 is 1.90 bits per heavy atom. The van der Waals surface area contributed by atoms with E-state index in [2.05, 4.69) is 26.2 Å². The predicted molar refractivity (Wildman–Crippen MR) is 48.9 cm³/mol. The van der Waals surface area contributed by atoms with Gasteiger partial charge in [-0.1, -0.05) is 13.8 Å². The molecule has 62 valence electrons. The highest BCUT2D eigenvalue weighted by Crippen LogP contribution is 2.07. The monoisotopic (exact) mass is 162 g/mol. The smallest absolute Gasteiger partial charge is 0.0272 e. The Labute approximate surface area is 67.9 Å². The van der Waals surface area contributed by atoms with Crippen molar-refractivity contribution in [3.8, 4) is 0 Å². The van der Waals surface area contributed by atoms with Crippen LogP contribution in [0.2, 0.25) is 0 Å². The molecule has 0 aromatic heterocycles. The minimum Gasteiger partial charge on any atom is -0.271 e. The molecule has 0 aromatic carbocycles. The van der Waals surface area contributed by atoms with Crippen molar-refractivity contribution in [1.82, 2.24) is 5.43 Å². The van der Waals surface area contributed by atoms with E-state index in [1.165, 1.54) is 5.75 Å². The largest absolute Gasteiger partial charge is 0.271 e. The van der Waals surface area contributed by atoms with Crippen molar-refractivity contribution in [2.75, 3.05) is 11.5 Å². The Bertz CT molecular complexity index is 76.0. The van der Waals surface area contributed by atoms with E-state index >= 15 is 0 Å². The van der Waals surface area contributed by atoms with Crippen molar-refractivity contribution < 1.29 is 0 Å². The summed E-state index contributed by atoms with van der Waals surface area (Å²) in [4.78, 5) is 0. The average Bonchev–Trinajstić information content (AvgIpc) is 1.87. The minimum absolute atomic E-state index is 0.434. The summed E-state index contributed by atoms with van der Waals surface area (Å²) in [6.07, 6.45) is 0. The Balaban J connectivity index is 3.03. The molecule has 3 heteroatoms. The molecule has 1 atom stereocenters. The molecule has 0 fully saturated rings. The normalized spacial score (nSPS) is 14.1. The second-order valence-electron chi connectivity index (χ2n) is 3.00. The van der Waals surface area contributed by atoms with E-state index in [9.17, 15) is 0 Å². The summed E-state index contributed by atoms with van der Waals surface area (Å²) in [5.41, 5.74) is 2.72. The number of rotatable bonds is 5. The molecule has 0 aliphatic heterocycles. The van der Waals surface area contributed by atoms with Crippen LogP contribution in [0, 0.1) is 5.92 Å². The van der Waals surface area contributed by atoms with Gasteiger partial charge >= 0.3 is 0 Å². The van der Waals surface area contributed by atoms with E-state index in [-0.39, 0.29) is 0 Å². The molecule has 1 unspecified atom stereocenters. The number of hydrazine groups is 1. The summed E-state index contributed by atoms with van der Waals surface area (Å²) in [7, 11) is 0. The fourth-order valence-electron chi connectivity index (χ4n) is 0.529. The van der Waals surface area contributed by atoms with E-state index < -0.39 is 0 Å². The lowest BCUT2D eigenvalue weighted by molar-refractivity contribution is 0.624. The standard InChI is InChI=1S/C7H18N2S/c1-6(2)4-10-5-7(3)9-8/h6-7,9H,4-5,8H2,1-3H3. The summed E-state index contributed by atoms with van der Waals surface area (Å²) in [5, 5.41) is 0. The number of nitrogens with two attached hydrogens (primary N) is 1. The van der Waals surface area contributed by atoms with Crippen LogP contribution >= 0.6 is 11.8 Å². The Hall–Kier alpha value is 0.270. The Kier molecular flexibility index (Phi) is 6.17. The third kappa shape index (κ3) is 6.39. The second kappa shape index (κ2) is 6.01. The third-order valence-electron chi connectivity index (χ3n) is 1.10. The van der Waals surface area contributed by atoms with Gasteiger partial charge in [0.1, 0.15) is 0 Å². The van der Waals surface area contributed by atoms with Crippen LogP contribution in [0.4, 0.5) is 0 Å². The molecule has 10 heavy (non-hydrogen) atoms. The highest BCUT2D eigenvalue weighted by Gasteiger charge is 1.99. The van der Waals surface area contributed by atoms with Gasteiger partial charge in [0.15, 0.2) is 0 Å². The molecule has 2 nitrogen and oxygen atoms in total. The Morgan fingerprint density at radius 3 is 2.30 bits per heavy atom. The molecule has 0 aromatic rings. The molecule has 0 heterocycles. The lowest BCUT2D eigenvalue weighted by Crippen LogP contribution is -2.34. The van der Waals surface area contributed by atoms with Gasteiger partial charge in [0.05, 0.1) is 0 Å². The van der Waals surface area contributed by atoms with Gasteiger partial charge < -0.3 is 0 Å². The van der Waals surface area contributed by atoms with Crippen molar-refractivity contribution in [2.45, 2.75) is 26.8 Å². The summed E-state index contributed by atoms with van der Waals surface area (Å²) < 4.78 is 0. The first-order valence-electron chi connectivity index (χ1n) is 3.70. The van der Waals surface area contributed by atoms with Crippen molar-refractivity contribution in [2.24, 2.45) is 11.8 Å². The molecule has 0 saturated heterocycles. The molecule has 0 aliphatic rings. The number of thioether (sulfide) groups is 1. The van der Waals surface area contributed by atoms with E-state index in [0.717, 1.165) is 11.7 Å². The molecule has 0 amide bonds. The minimum atomic E-state index is 0.434. The maximum absolute atomic E-state index is 5.23. The highest BCUT2D eigenvalue weighted by atomic mass is 32.2. The second-order valence-corrected chi connectivity index (χ2v) is 4.07. The van der Waals surface area contributed by atoms with Crippen LogP contribution in [0.3, 0.4) is 0 Å². The topological polar surface area (TPSA) is 38.0 Å². The zero-order chi connectivity index (χ0) is 7.98. The fourth-order valence-corrected chi connectivity index (χ4v) is 1.59. The summed E-state index contributed by atoms with van der Waals surface area (Å²) >= 11 is 1.95. The number of hydrogen-bond acceptors (Lipinski definition) is 3. The van der Waals surface area contributed by atoms with Crippen LogP contribution in [-0.2, 0) is 0 Å². The van der Waals surface area contributed by atoms with Crippen molar-refractivity contribution in [3.63, 3.8) is 0 Å². The zero-order valence-corrected chi connectivity index (χ0v) is 7.87. The van der Waals surface area contributed by atoms with Crippen LogP contribution in [0.15, 0.2) is 0 Å². The molecule has 0 rings (SSSR count). The molecule has 0 aliphatic carbocycles. The molecule has 0 radical (unpaired) electrons. The lowest BCUT2D eigenvalue weighted by Gasteiger charge is -2.09. The van der Waals surface area contributed by atoms with Gasteiger partial charge in [-0.3, -0.25) is 11.3 Å². The number of nitrogens with one attached hydrogen (secondary N) is 1. The van der Waals surface area contributed by atoms with Crippen molar-refractivity contribution in [3.05, 3.63) is 0 Å². The predicted octanol–water partition coefficient (Wildman–Crippen LogP) is 1.23. The van der Waals surface area contributed by atoms with Crippen LogP contribution < -0.4 is 11.3 Å². The van der Waals surface area contributed by atoms with Gasteiger partial charge in [0.2, 0.25) is 0 Å². The number of hydrogen-bond donors (Lipinski definition) is 2. The van der Waals surface area contributed by atoms with E-state index in [4.69, 9.17) is 5.84 Å². The van der Waals surface area contributed by atoms with Gasteiger partial charge in [-0.05, 0) is 18.6 Å². The van der Waals surface area contributed by atoms with Gasteiger partial charge in [0.25, 0.3) is 0 Å². The molecule has 3 N–H and O–H groups in total. The van der Waals surface area contributed by atoms with Crippen LogP contribution in [0.25, 0.3) is 0 Å². The summed E-state index contributed by atoms with van der Waals surface area (Å²) in [6, 6.07) is 0.434. The molecular formula is C7H18N2S. The average molecular weight is 162 g/mol. The van der Waals surface area contributed by atoms with Gasteiger partial charge in [0, 0.05) is 11.8 Å². The maximum atomic E-state index is 5.23. The molecule has 0 saturated carbocycles. The molecule has 0 spiro atoms. The SMILES string of the molecule is CC(C)CSCC(C)NN. The van der Waals surface area contributed by atoms with Gasteiger partial charge in [-0.15, -0.1) is 0 Å². The van der Waals surface area contributed by atoms with Crippen molar-refractivity contribution >= 4 is 11.8 Å². The van der Waals surface area contributed by atoms with Crippen molar-refractivity contribution in [1.29, 1.82) is 0 Å².